The van der Waals surface area contributed by atoms with Gasteiger partial charge in [0.15, 0.2) is 0 Å². The van der Waals surface area contributed by atoms with Gasteiger partial charge in [0.25, 0.3) is 5.91 Å². The Morgan fingerprint density at radius 1 is 0.973 bits per heavy atom. The third-order valence-corrected chi connectivity index (χ3v) is 7.37. The van der Waals surface area contributed by atoms with Crippen LogP contribution in [-0.2, 0) is 6.18 Å². The highest BCUT2D eigenvalue weighted by atomic mass is 19.4. The first-order valence-electron chi connectivity index (χ1n) is 12.4. The van der Waals surface area contributed by atoms with E-state index in [1.807, 2.05) is 5.32 Å². The zero-order valence-electron chi connectivity index (χ0n) is 20.0. The van der Waals surface area contributed by atoms with Gasteiger partial charge in [0.1, 0.15) is 23.6 Å². The zero-order chi connectivity index (χ0) is 26.4. The molecule has 0 aromatic carbocycles. The summed E-state index contributed by atoms with van der Waals surface area (Å²) in [6.07, 6.45) is -6.69. The van der Waals surface area contributed by atoms with Crippen LogP contribution >= 0.6 is 0 Å². The van der Waals surface area contributed by atoms with Crippen molar-refractivity contribution in [1.29, 1.82) is 0 Å². The predicted octanol–water partition coefficient (Wildman–Crippen LogP) is 3.77. The number of likely N-dealkylation sites (tertiary alicyclic amines) is 2. The SMILES string of the molecule is O=C(NC1CCN(CCN2CC3CC3C2)CC1)c1ccc2nc(NCC(F)(F)F)cc(C(F)(F)F)c2n1. The van der Waals surface area contributed by atoms with Gasteiger partial charge in [-0.15, -0.1) is 0 Å². The molecule has 2 unspecified atom stereocenters. The van der Waals surface area contributed by atoms with Crippen LogP contribution in [0.5, 0.6) is 0 Å². The van der Waals surface area contributed by atoms with Crippen molar-refractivity contribution < 1.29 is 31.1 Å². The van der Waals surface area contributed by atoms with Gasteiger partial charge in [-0.25, -0.2) is 9.97 Å². The summed E-state index contributed by atoms with van der Waals surface area (Å²) < 4.78 is 78.5. The Bertz CT molecular complexity index is 1140. The average molecular weight is 531 g/mol. The van der Waals surface area contributed by atoms with Gasteiger partial charge in [0.2, 0.25) is 0 Å². The molecular formula is C24H28F6N6O. The van der Waals surface area contributed by atoms with Crippen LogP contribution in [0.1, 0.15) is 35.3 Å². The van der Waals surface area contributed by atoms with Crippen molar-refractivity contribution in [2.75, 3.05) is 51.1 Å². The van der Waals surface area contributed by atoms with E-state index in [9.17, 15) is 31.1 Å². The lowest BCUT2D eigenvalue weighted by molar-refractivity contribution is -0.136. The third kappa shape index (κ3) is 6.43. The molecule has 202 valence electrons. The molecule has 3 fully saturated rings. The van der Waals surface area contributed by atoms with E-state index in [0.717, 1.165) is 56.9 Å². The first-order chi connectivity index (χ1) is 17.4. The van der Waals surface area contributed by atoms with Crippen LogP contribution < -0.4 is 10.6 Å². The first-order valence-corrected chi connectivity index (χ1v) is 12.4. The molecule has 2 aromatic heterocycles. The van der Waals surface area contributed by atoms with Crippen LogP contribution in [0.15, 0.2) is 18.2 Å². The van der Waals surface area contributed by atoms with Gasteiger partial charge in [0, 0.05) is 45.3 Å². The number of alkyl halides is 6. The molecule has 37 heavy (non-hydrogen) atoms. The number of halogens is 6. The lowest BCUT2D eigenvalue weighted by Gasteiger charge is -2.33. The smallest absolute Gasteiger partial charge is 0.361 e. The molecule has 2 saturated heterocycles. The molecule has 1 aliphatic carbocycles. The van der Waals surface area contributed by atoms with Gasteiger partial charge in [0.05, 0.1) is 11.1 Å². The highest BCUT2D eigenvalue weighted by molar-refractivity contribution is 5.95. The van der Waals surface area contributed by atoms with Gasteiger partial charge < -0.3 is 20.4 Å². The van der Waals surface area contributed by atoms with E-state index in [2.05, 4.69) is 25.1 Å². The van der Waals surface area contributed by atoms with E-state index in [1.165, 1.54) is 25.6 Å². The number of anilines is 1. The number of nitrogens with zero attached hydrogens (tertiary/aromatic N) is 4. The molecule has 13 heteroatoms. The van der Waals surface area contributed by atoms with E-state index in [1.54, 1.807) is 0 Å². The maximum atomic E-state index is 13.7. The van der Waals surface area contributed by atoms with Crippen molar-refractivity contribution in [2.45, 2.75) is 37.7 Å². The van der Waals surface area contributed by atoms with Crippen LogP contribution in [0.3, 0.4) is 0 Å². The number of piperidine rings is 2. The number of fused-ring (bicyclic) bond motifs is 2. The summed E-state index contributed by atoms with van der Waals surface area (Å²) in [4.78, 5) is 25.4. The lowest BCUT2D eigenvalue weighted by Crippen LogP contribution is -2.46. The molecule has 5 rings (SSSR count). The van der Waals surface area contributed by atoms with Crippen LogP contribution in [-0.4, -0.2) is 83.7 Å². The molecule has 2 N–H and O–H groups in total. The van der Waals surface area contributed by atoms with Gasteiger partial charge in [-0.1, -0.05) is 0 Å². The van der Waals surface area contributed by atoms with Gasteiger partial charge in [-0.3, -0.25) is 4.79 Å². The maximum Gasteiger partial charge on any atom is 0.418 e. The van der Waals surface area contributed by atoms with Crippen molar-refractivity contribution in [3.63, 3.8) is 0 Å². The molecule has 1 saturated carbocycles. The lowest BCUT2D eigenvalue weighted by atomic mass is 10.0. The molecular weight excluding hydrogens is 502 g/mol. The van der Waals surface area contributed by atoms with Crippen molar-refractivity contribution in [2.24, 2.45) is 11.8 Å². The first kappa shape index (κ1) is 26.0. The molecule has 2 aromatic rings. The molecule has 0 radical (unpaired) electrons. The number of carbonyl (C=O) groups excluding carboxylic acids is 1. The van der Waals surface area contributed by atoms with Gasteiger partial charge in [-0.2, -0.15) is 26.3 Å². The summed E-state index contributed by atoms with van der Waals surface area (Å²) in [6.45, 7) is 4.56. The van der Waals surface area contributed by atoms with E-state index >= 15 is 0 Å². The minimum atomic E-state index is -4.90. The standard InChI is InChI=1S/C24H28F6N6O/c25-23(26,27)13-31-20-10-17(24(28,29)30)21-18(33-20)1-2-19(34-21)22(37)32-16-3-5-35(6-4-16)7-8-36-11-14-9-15(14)12-36/h1-2,10,14-16H,3-9,11-13H2,(H,31,33)(H,32,37). The summed E-state index contributed by atoms with van der Waals surface area (Å²) >= 11 is 0. The quantitative estimate of drug-likeness (QED) is 0.532. The fraction of sp³-hybridized carbons (Fsp3) is 0.625. The Balaban J connectivity index is 1.20. The number of carbonyl (C=O) groups is 1. The minimum absolute atomic E-state index is 0.116. The Hall–Kier alpha value is -2.67. The maximum absolute atomic E-state index is 13.7. The van der Waals surface area contributed by atoms with Crippen molar-refractivity contribution in [3.8, 4) is 0 Å². The second kappa shape index (κ2) is 9.90. The number of hydrogen-bond donors (Lipinski definition) is 2. The van der Waals surface area contributed by atoms with Crippen LogP contribution in [0.2, 0.25) is 0 Å². The number of amides is 1. The summed E-state index contributed by atoms with van der Waals surface area (Å²) in [6, 6.07) is 2.75. The number of pyridine rings is 2. The summed E-state index contributed by atoms with van der Waals surface area (Å²) in [5.41, 5.74) is -2.32. The third-order valence-electron chi connectivity index (χ3n) is 7.37. The highest BCUT2D eigenvalue weighted by Gasteiger charge is 2.44. The zero-order valence-corrected chi connectivity index (χ0v) is 20.0. The second-order valence-electron chi connectivity index (χ2n) is 10.2. The van der Waals surface area contributed by atoms with Crippen molar-refractivity contribution >= 4 is 22.8 Å². The number of aromatic nitrogens is 2. The number of rotatable bonds is 7. The minimum Gasteiger partial charge on any atom is -0.361 e. The predicted molar refractivity (Wildman–Crippen MR) is 124 cm³/mol. The highest BCUT2D eigenvalue weighted by Crippen LogP contribution is 2.44. The topological polar surface area (TPSA) is 73.4 Å². The van der Waals surface area contributed by atoms with E-state index in [-0.39, 0.29) is 17.3 Å². The fourth-order valence-electron chi connectivity index (χ4n) is 5.25. The Morgan fingerprint density at radius 2 is 1.65 bits per heavy atom. The molecule has 4 heterocycles. The summed E-state index contributed by atoms with van der Waals surface area (Å²) in [5.74, 6) is 0.634. The molecule has 1 amide bonds. The Labute approximate surface area is 209 Å². The van der Waals surface area contributed by atoms with E-state index in [4.69, 9.17) is 0 Å². The van der Waals surface area contributed by atoms with Crippen LogP contribution in [0, 0.1) is 11.8 Å². The van der Waals surface area contributed by atoms with E-state index < -0.39 is 41.7 Å². The summed E-state index contributed by atoms with van der Waals surface area (Å²) in [7, 11) is 0. The van der Waals surface area contributed by atoms with Gasteiger partial charge >= 0.3 is 12.4 Å². The molecule has 0 spiro atoms. The molecule has 3 aliphatic rings. The Kier molecular flexibility index (Phi) is 6.94. The van der Waals surface area contributed by atoms with Crippen molar-refractivity contribution in [3.05, 3.63) is 29.5 Å². The molecule has 2 atom stereocenters. The molecule has 2 aliphatic heterocycles. The number of nitrogens with one attached hydrogen (secondary N) is 2. The van der Waals surface area contributed by atoms with Crippen molar-refractivity contribution in [1.82, 2.24) is 25.1 Å². The number of hydrogen-bond acceptors (Lipinski definition) is 6. The van der Waals surface area contributed by atoms with Crippen LogP contribution in [0.25, 0.3) is 11.0 Å². The summed E-state index contributed by atoms with van der Waals surface area (Å²) in [5, 5.41) is 4.72. The Morgan fingerprint density at radius 3 is 2.30 bits per heavy atom. The largest absolute Gasteiger partial charge is 0.418 e. The molecule has 7 nitrogen and oxygen atoms in total. The second-order valence-corrected chi connectivity index (χ2v) is 10.2. The van der Waals surface area contributed by atoms with Crippen LogP contribution in [0.4, 0.5) is 32.2 Å². The molecule has 0 bridgehead atoms. The normalized spacial score (nSPS) is 23.3. The fourth-order valence-corrected chi connectivity index (χ4v) is 5.25. The van der Waals surface area contributed by atoms with Gasteiger partial charge in [-0.05, 0) is 49.3 Å². The van der Waals surface area contributed by atoms with E-state index in [0.29, 0.717) is 6.07 Å². The average Bonchev–Trinajstić information content (AvgIpc) is 3.45. The monoisotopic (exact) mass is 530 g/mol.